The lowest BCUT2D eigenvalue weighted by Gasteiger charge is -2.12. The summed E-state index contributed by atoms with van der Waals surface area (Å²) in [6.07, 6.45) is 4.23. The number of para-hydroxylation sites is 1. The van der Waals surface area contributed by atoms with E-state index < -0.39 is 5.97 Å². The van der Waals surface area contributed by atoms with Gasteiger partial charge in [0.25, 0.3) is 5.91 Å². The van der Waals surface area contributed by atoms with Gasteiger partial charge in [0, 0.05) is 22.4 Å². The first-order valence-corrected chi connectivity index (χ1v) is 9.22. The Labute approximate surface area is 151 Å². The third kappa shape index (κ3) is 4.20. The van der Waals surface area contributed by atoms with Crippen LogP contribution in [0, 0.1) is 0 Å². The van der Waals surface area contributed by atoms with E-state index in [2.05, 4.69) is 5.32 Å². The van der Waals surface area contributed by atoms with Crippen molar-refractivity contribution in [3.63, 3.8) is 0 Å². The van der Waals surface area contributed by atoms with Gasteiger partial charge in [-0.1, -0.05) is 18.2 Å². The Morgan fingerprint density at radius 3 is 2.84 bits per heavy atom. The summed E-state index contributed by atoms with van der Waals surface area (Å²) in [5, 5.41) is 4.60. The molecule has 1 amide bonds. The van der Waals surface area contributed by atoms with Crippen LogP contribution in [0.15, 0.2) is 29.6 Å². The SMILES string of the molecule is COc1ccccc1CNC(=O)COC(=O)c1csc2c1CCCC2. The van der Waals surface area contributed by atoms with Crippen molar-refractivity contribution in [2.24, 2.45) is 0 Å². The van der Waals surface area contributed by atoms with Gasteiger partial charge in [-0.15, -0.1) is 11.3 Å². The fourth-order valence-corrected chi connectivity index (χ4v) is 4.08. The minimum Gasteiger partial charge on any atom is -0.496 e. The van der Waals surface area contributed by atoms with Crippen LogP contribution in [0.4, 0.5) is 0 Å². The molecule has 25 heavy (non-hydrogen) atoms. The largest absolute Gasteiger partial charge is 0.496 e. The van der Waals surface area contributed by atoms with E-state index in [1.807, 2.05) is 29.6 Å². The Bertz CT molecular complexity index is 769. The number of carbonyl (C=O) groups is 2. The number of rotatable bonds is 6. The molecule has 1 aromatic heterocycles. The van der Waals surface area contributed by atoms with Gasteiger partial charge in [-0.3, -0.25) is 4.79 Å². The molecule has 1 aromatic carbocycles. The lowest BCUT2D eigenvalue weighted by molar-refractivity contribution is -0.124. The predicted molar refractivity (Wildman–Crippen MR) is 96.1 cm³/mol. The molecule has 0 atom stereocenters. The Balaban J connectivity index is 1.50. The lowest BCUT2D eigenvalue weighted by atomic mass is 9.96. The molecule has 1 aliphatic rings. The van der Waals surface area contributed by atoms with Crippen molar-refractivity contribution in [2.75, 3.05) is 13.7 Å². The highest BCUT2D eigenvalue weighted by atomic mass is 32.1. The first kappa shape index (κ1) is 17.5. The van der Waals surface area contributed by atoms with Gasteiger partial charge >= 0.3 is 5.97 Å². The van der Waals surface area contributed by atoms with E-state index in [4.69, 9.17) is 9.47 Å². The predicted octanol–water partition coefficient (Wildman–Crippen LogP) is 3.11. The Morgan fingerprint density at radius 2 is 2.00 bits per heavy atom. The second-order valence-electron chi connectivity index (χ2n) is 5.92. The molecule has 0 fully saturated rings. The van der Waals surface area contributed by atoms with Crippen molar-refractivity contribution in [3.05, 3.63) is 51.2 Å². The maximum absolute atomic E-state index is 12.2. The van der Waals surface area contributed by atoms with E-state index in [0.29, 0.717) is 17.9 Å². The van der Waals surface area contributed by atoms with E-state index >= 15 is 0 Å². The van der Waals surface area contributed by atoms with Crippen molar-refractivity contribution in [2.45, 2.75) is 32.2 Å². The molecule has 132 valence electrons. The minimum absolute atomic E-state index is 0.279. The summed E-state index contributed by atoms with van der Waals surface area (Å²) in [5.74, 6) is -0.0279. The van der Waals surface area contributed by atoms with Crippen LogP contribution in [0.2, 0.25) is 0 Å². The number of methoxy groups -OCH3 is 1. The van der Waals surface area contributed by atoms with Gasteiger partial charge in [0.2, 0.25) is 0 Å². The van der Waals surface area contributed by atoms with Crippen LogP contribution < -0.4 is 10.1 Å². The third-order valence-corrected chi connectivity index (χ3v) is 5.37. The monoisotopic (exact) mass is 359 g/mol. The van der Waals surface area contributed by atoms with Crippen LogP contribution in [0.25, 0.3) is 0 Å². The number of esters is 1. The molecule has 6 heteroatoms. The van der Waals surface area contributed by atoms with E-state index in [1.54, 1.807) is 18.4 Å². The van der Waals surface area contributed by atoms with Crippen molar-refractivity contribution in [1.29, 1.82) is 0 Å². The average molecular weight is 359 g/mol. The summed E-state index contributed by atoms with van der Waals surface area (Å²) in [7, 11) is 1.59. The molecule has 0 aliphatic heterocycles. The number of nitrogens with one attached hydrogen (secondary N) is 1. The standard InChI is InChI=1S/C19H21NO4S/c1-23-16-8-4-2-6-13(16)10-20-18(21)11-24-19(22)15-12-25-17-9-5-3-7-14(15)17/h2,4,6,8,12H,3,5,7,9-11H2,1H3,(H,20,21). The van der Waals surface area contributed by atoms with Crippen molar-refractivity contribution in [3.8, 4) is 5.75 Å². The fraction of sp³-hybridized carbons (Fsp3) is 0.368. The minimum atomic E-state index is -0.410. The summed E-state index contributed by atoms with van der Waals surface area (Å²) in [4.78, 5) is 25.5. The zero-order chi connectivity index (χ0) is 17.6. The number of hydrogen-bond donors (Lipinski definition) is 1. The number of benzene rings is 1. The van der Waals surface area contributed by atoms with E-state index in [0.717, 1.165) is 30.4 Å². The zero-order valence-electron chi connectivity index (χ0n) is 14.2. The summed E-state index contributed by atoms with van der Waals surface area (Å²) < 4.78 is 10.4. The molecule has 0 unspecified atom stereocenters. The van der Waals surface area contributed by atoms with Crippen molar-refractivity contribution >= 4 is 23.2 Å². The maximum atomic E-state index is 12.2. The summed E-state index contributed by atoms with van der Waals surface area (Å²) >= 11 is 1.61. The number of carbonyl (C=O) groups excluding carboxylic acids is 2. The molecule has 0 bridgehead atoms. The Kier molecular flexibility index (Phi) is 5.71. The van der Waals surface area contributed by atoms with Gasteiger partial charge < -0.3 is 14.8 Å². The Hall–Kier alpha value is -2.34. The molecule has 0 saturated carbocycles. The van der Waals surface area contributed by atoms with Gasteiger partial charge in [-0.05, 0) is 37.3 Å². The van der Waals surface area contributed by atoms with E-state index in [1.165, 1.54) is 11.3 Å². The molecule has 1 N–H and O–H groups in total. The molecule has 0 saturated heterocycles. The molecule has 3 rings (SSSR count). The van der Waals surface area contributed by atoms with Crippen LogP contribution in [0.5, 0.6) is 5.75 Å². The fourth-order valence-electron chi connectivity index (χ4n) is 2.97. The first-order valence-electron chi connectivity index (χ1n) is 8.34. The summed E-state index contributed by atoms with van der Waals surface area (Å²) in [6, 6.07) is 7.46. The second-order valence-corrected chi connectivity index (χ2v) is 6.89. The third-order valence-electron chi connectivity index (χ3n) is 4.28. The van der Waals surface area contributed by atoms with E-state index in [9.17, 15) is 9.59 Å². The number of fused-ring (bicyclic) bond motifs is 1. The lowest BCUT2D eigenvalue weighted by Crippen LogP contribution is -2.28. The van der Waals surface area contributed by atoms with Crippen LogP contribution in [-0.4, -0.2) is 25.6 Å². The highest BCUT2D eigenvalue weighted by molar-refractivity contribution is 7.10. The van der Waals surface area contributed by atoms with Crippen molar-refractivity contribution < 1.29 is 19.1 Å². The summed E-state index contributed by atoms with van der Waals surface area (Å²) in [5.41, 5.74) is 2.60. The van der Waals surface area contributed by atoms with Crippen molar-refractivity contribution in [1.82, 2.24) is 5.32 Å². The maximum Gasteiger partial charge on any atom is 0.339 e. The molecule has 0 spiro atoms. The topological polar surface area (TPSA) is 64.6 Å². The molecule has 5 nitrogen and oxygen atoms in total. The zero-order valence-corrected chi connectivity index (χ0v) is 15.0. The second kappa shape index (κ2) is 8.16. The molecular formula is C19H21NO4S. The number of thiophene rings is 1. The molecule has 2 aromatic rings. The first-order chi connectivity index (χ1) is 12.2. The number of aryl methyl sites for hydroxylation is 1. The quantitative estimate of drug-likeness (QED) is 0.805. The normalized spacial score (nSPS) is 13.0. The van der Waals surface area contributed by atoms with Gasteiger partial charge in [0.15, 0.2) is 6.61 Å². The van der Waals surface area contributed by atoms with E-state index in [-0.39, 0.29) is 12.5 Å². The smallest absolute Gasteiger partial charge is 0.339 e. The molecule has 0 radical (unpaired) electrons. The molecular weight excluding hydrogens is 338 g/mol. The highest BCUT2D eigenvalue weighted by Crippen LogP contribution is 2.30. The van der Waals surface area contributed by atoms with Crippen LogP contribution in [0.3, 0.4) is 0 Å². The number of ether oxygens (including phenoxy) is 2. The molecule has 1 aliphatic carbocycles. The number of hydrogen-bond acceptors (Lipinski definition) is 5. The van der Waals surface area contributed by atoms with Gasteiger partial charge in [-0.2, -0.15) is 0 Å². The molecule has 1 heterocycles. The summed E-state index contributed by atoms with van der Waals surface area (Å²) in [6.45, 7) is 0.0485. The van der Waals surface area contributed by atoms with Gasteiger partial charge in [0.1, 0.15) is 5.75 Å². The van der Waals surface area contributed by atoms with Crippen LogP contribution in [0.1, 0.15) is 39.2 Å². The number of amides is 1. The van der Waals surface area contributed by atoms with Crippen LogP contribution in [-0.2, 0) is 28.9 Å². The van der Waals surface area contributed by atoms with Crippen LogP contribution >= 0.6 is 11.3 Å². The Morgan fingerprint density at radius 1 is 1.20 bits per heavy atom. The van der Waals surface area contributed by atoms with Gasteiger partial charge in [-0.25, -0.2) is 4.79 Å². The van der Waals surface area contributed by atoms with Gasteiger partial charge in [0.05, 0.1) is 12.7 Å². The highest BCUT2D eigenvalue weighted by Gasteiger charge is 2.21. The average Bonchev–Trinajstić information content (AvgIpc) is 3.09.